The largest absolute Gasteiger partial charge is 0.496 e. The van der Waals surface area contributed by atoms with Crippen LogP contribution < -0.4 is 10.1 Å². The number of hydrogen-bond donors (Lipinski definition) is 1. The minimum Gasteiger partial charge on any atom is -0.496 e. The number of morpholine rings is 1. The van der Waals surface area contributed by atoms with Crippen LogP contribution in [0.2, 0.25) is 0 Å². The fourth-order valence-corrected chi connectivity index (χ4v) is 5.75. The van der Waals surface area contributed by atoms with Gasteiger partial charge in [0.05, 0.1) is 31.3 Å². The lowest BCUT2D eigenvalue weighted by Gasteiger charge is -2.26. The van der Waals surface area contributed by atoms with Crippen molar-refractivity contribution >= 4 is 15.9 Å². The summed E-state index contributed by atoms with van der Waals surface area (Å²) in [4.78, 5) is 13.3. The summed E-state index contributed by atoms with van der Waals surface area (Å²) in [6.45, 7) is 3.44. The van der Waals surface area contributed by atoms with E-state index in [1.54, 1.807) is 18.2 Å². The molecule has 0 unspecified atom stereocenters. The van der Waals surface area contributed by atoms with Crippen molar-refractivity contribution in [1.82, 2.24) is 9.62 Å². The Morgan fingerprint density at radius 1 is 1.00 bits per heavy atom. The first-order chi connectivity index (χ1) is 17.4. The van der Waals surface area contributed by atoms with Crippen LogP contribution in [0.3, 0.4) is 0 Å². The van der Waals surface area contributed by atoms with E-state index in [-0.39, 0.29) is 23.3 Å². The van der Waals surface area contributed by atoms with Gasteiger partial charge >= 0.3 is 0 Å². The summed E-state index contributed by atoms with van der Waals surface area (Å²) in [5.41, 5.74) is 3.81. The van der Waals surface area contributed by atoms with E-state index in [1.165, 1.54) is 11.4 Å². The average molecular weight is 509 g/mol. The molecule has 3 aromatic rings. The summed E-state index contributed by atoms with van der Waals surface area (Å²) in [7, 11) is -2.11. The van der Waals surface area contributed by atoms with Crippen LogP contribution in [0.1, 0.15) is 34.7 Å². The van der Waals surface area contributed by atoms with E-state index in [1.807, 2.05) is 61.5 Å². The van der Waals surface area contributed by atoms with E-state index in [2.05, 4.69) is 5.32 Å². The number of aryl methyl sites for hydroxylation is 2. The van der Waals surface area contributed by atoms with E-state index in [4.69, 9.17) is 9.47 Å². The number of methoxy groups -OCH3 is 1. The second kappa shape index (κ2) is 11.7. The highest BCUT2D eigenvalue weighted by Gasteiger charge is 2.27. The van der Waals surface area contributed by atoms with Crippen LogP contribution in [0.5, 0.6) is 5.75 Å². The average Bonchev–Trinajstić information content (AvgIpc) is 2.92. The molecule has 1 saturated heterocycles. The van der Waals surface area contributed by atoms with Crippen molar-refractivity contribution in [2.24, 2.45) is 0 Å². The fourth-order valence-electron chi connectivity index (χ4n) is 4.29. The molecule has 7 nitrogen and oxygen atoms in total. The van der Waals surface area contributed by atoms with Crippen LogP contribution in [0.25, 0.3) is 0 Å². The molecule has 1 amide bonds. The van der Waals surface area contributed by atoms with Crippen LogP contribution in [-0.2, 0) is 26.0 Å². The third-order valence-corrected chi connectivity index (χ3v) is 8.22. The molecule has 190 valence electrons. The van der Waals surface area contributed by atoms with Gasteiger partial charge in [0.15, 0.2) is 0 Å². The van der Waals surface area contributed by atoms with Crippen molar-refractivity contribution in [3.8, 4) is 5.75 Å². The van der Waals surface area contributed by atoms with Crippen LogP contribution in [0.15, 0.2) is 77.7 Å². The lowest BCUT2D eigenvalue weighted by Crippen LogP contribution is -2.40. The zero-order valence-corrected chi connectivity index (χ0v) is 21.5. The highest BCUT2D eigenvalue weighted by atomic mass is 32.2. The molecular formula is C28H32N2O5S. The van der Waals surface area contributed by atoms with E-state index >= 15 is 0 Å². The minimum atomic E-state index is -3.65. The van der Waals surface area contributed by atoms with Crippen molar-refractivity contribution in [3.63, 3.8) is 0 Å². The Hall–Kier alpha value is -3.20. The SMILES string of the molecule is COc1ccc(S(=O)(=O)N2CCOCC2)cc1CCC(=O)N[C@@H](c1ccccc1)c1ccc(C)cc1. The van der Waals surface area contributed by atoms with E-state index in [9.17, 15) is 13.2 Å². The van der Waals surface area contributed by atoms with Crippen LogP contribution in [0, 0.1) is 6.92 Å². The molecule has 1 aliphatic rings. The zero-order valence-electron chi connectivity index (χ0n) is 20.6. The quantitative estimate of drug-likeness (QED) is 0.475. The van der Waals surface area contributed by atoms with Gasteiger partial charge < -0.3 is 14.8 Å². The van der Waals surface area contributed by atoms with Gasteiger partial charge in [-0.05, 0) is 48.2 Å². The topological polar surface area (TPSA) is 84.9 Å². The van der Waals surface area contributed by atoms with Crippen molar-refractivity contribution in [3.05, 3.63) is 95.1 Å². The van der Waals surface area contributed by atoms with Crippen LogP contribution >= 0.6 is 0 Å². The molecule has 1 atom stereocenters. The maximum absolute atomic E-state index is 13.1. The second-order valence-electron chi connectivity index (χ2n) is 8.81. The maximum Gasteiger partial charge on any atom is 0.243 e. The third kappa shape index (κ3) is 6.13. The maximum atomic E-state index is 13.1. The Kier molecular flexibility index (Phi) is 8.40. The molecule has 36 heavy (non-hydrogen) atoms. The minimum absolute atomic E-state index is 0.132. The van der Waals surface area contributed by atoms with Crippen molar-refractivity contribution < 1.29 is 22.7 Å². The smallest absolute Gasteiger partial charge is 0.243 e. The predicted molar refractivity (Wildman–Crippen MR) is 138 cm³/mol. The molecule has 0 saturated carbocycles. The normalized spacial score (nSPS) is 15.3. The van der Waals surface area contributed by atoms with Gasteiger partial charge in [0.25, 0.3) is 0 Å². The van der Waals surface area contributed by atoms with Gasteiger partial charge in [-0.3, -0.25) is 4.79 Å². The van der Waals surface area contributed by atoms with Crippen molar-refractivity contribution in [2.75, 3.05) is 33.4 Å². The zero-order chi connectivity index (χ0) is 25.5. The van der Waals surface area contributed by atoms with E-state index in [0.29, 0.717) is 44.0 Å². The standard InChI is InChI=1S/C28H32N2O5S/c1-21-8-10-23(11-9-21)28(22-6-4-3-5-7-22)29-27(31)15-12-24-20-25(13-14-26(24)34-2)36(32,33)30-16-18-35-19-17-30/h3-11,13-14,20,28H,12,15-19H2,1-2H3,(H,29,31)/t28-/m0/s1. The van der Waals surface area contributed by atoms with Crippen LogP contribution in [-0.4, -0.2) is 52.0 Å². The Labute approximate surface area is 213 Å². The molecule has 4 rings (SSSR count). The number of nitrogens with one attached hydrogen (secondary N) is 1. The van der Waals surface area contributed by atoms with Gasteiger partial charge in [-0.25, -0.2) is 8.42 Å². The number of hydrogen-bond acceptors (Lipinski definition) is 5. The summed E-state index contributed by atoms with van der Waals surface area (Å²) >= 11 is 0. The predicted octanol–water partition coefficient (Wildman–Crippen LogP) is 3.86. The number of carbonyl (C=O) groups is 1. The van der Waals surface area contributed by atoms with Gasteiger partial charge in [0.2, 0.25) is 15.9 Å². The molecule has 1 fully saturated rings. The van der Waals surface area contributed by atoms with Crippen LogP contribution in [0.4, 0.5) is 0 Å². The van der Waals surface area contributed by atoms with E-state index in [0.717, 1.165) is 16.7 Å². The van der Waals surface area contributed by atoms with Gasteiger partial charge in [0.1, 0.15) is 5.75 Å². The van der Waals surface area contributed by atoms with Crippen molar-refractivity contribution in [1.29, 1.82) is 0 Å². The first kappa shape index (κ1) is 25.9. The first-order valence-corrected chi connectivity index (χ1v) is 13.5. The lowest BCUT2D eigenvalue weighted by atomic mass is 9.97. The number of ether oxygens (including phenoxy) is 2. The van der Waals surface area contributed by atoms with Crippen molar-refractivity contribution in [2.45, 2.75) is 30.7 Å². The highest BCUT2D eigenvalue weighted by Crippen LogP contribution is 2.27. The molecule has 3 aromatic carbocycles. The number of sulfonamides is 1. The monoisotopic (exact) mass is 508 g/mol. The molecule has 0 aliphatic carbocycles. The number of rotatable bonds is 9. The summed E-state index contributed by atoms with van der Waals surface area (Å²) in [5.74, 6) is 0.426. The highest BCUT2D eigenvalue weighted by molar-refractivity contribution is 7.89. The summed E-state index contributed by atoms with van der Waals surface area (Å²) in [5, 5.41) is 3.15. The number of nitrogens with zero attached hydrogens (tertiary/aromatic N) is 1. The Morgan fingerprint density at radius 2 is 1.67 bits per heavy atom. The summed E-state index contributed by atoms with van der Waals surface area (Å²) < 4.78 is 38.4. The van der Waals surface area contributed by atoms with Gasteiger partial charge in [-0.2, -0.15) is 4.31 Å². The van der Waals surface area contributed by atoms with E-state index < -0.39 is 10.0 Å². The molecule has 1 heterocycles. The molecule has 0 spiro atoms. The van der Waals surface area contributed by atoms with Gasteiger partial charge in [-0.1, -0.05) is 60.2 Å². The van der Waals surface area contributed by atoms with Gasteiger partial charge in [-0.15, -0.1) is 0 Å². The molecule has 8 heteroatoms. The third-order valence-electron chi connectivity index (χ3n) is 6.33. The number of benzene rings is 3. The summed E-state index contributed by atoms with van der Waals surface area (Å²) in [6.07, 6.45) is 0.531. The molecule has 1 aliphatic heterocycles. The lowest BCUT2D eigenvalue weighted by molar-refractivity contribution is -0.121. The Morgan fingerprint density at radius 3 is 2.33 bits per heavy atom. The van der Waals surface area contributed by atoms with Gasteiger partial charge in [0, 0.05) is 19.5 Å². The Bertz CT molecular complexity index is 1270. The molecule has 1 N–H and O–H groups in total. The second-order valence-corrected chi connectivity index (χ2v) is 10.7. The number of carbonyl (C=O) groups excluding carboxylic acids is 1. The summed E-state index contributed by atoms with van der Waals surface area (Å²) in [6, 6.07) is 22.5. The molecule has 0 aromatic heterocycles. The Balaban J connectivity index is 1.50. The molecule has 0 bridgehead atoms. The molecule has 0 radical (unpaired) electrons. The number of amides is 1. The fraction of sp³-hybridized carbons (Fsp3) is 0.321. The first-order valence-electron chi connectivity index (χ1n) is 12.0. The molecular weight excluding hydrogens is 476 g/mol.